The monoisotopic (exact) mass is 317 g/mol. The van der Waals surface area contributed by atoms with E-state index in [1.165, 1.54) is 0 Å². The van der Waals surface area contributed by atoms with Crippen molar-refractivity contribution in [1.82, 2.24) is 9.88 Å². The van der Waals surface area contributed by atoms with Crippen LogP contribution in [0.4, 0.5) is 5.82 Å². The summed E-state index contributed by atoms with van der Waals surface area (Å²) < 4.78 is 5.34. The molecule has 1 aliphatic heterocycles. The Labute approximate surface area is 134 Å². The molecule has 0 N–H and O–H groups in total. The molecule has 1 amide bonds. The van der Waals surface area contributed by atoms with Gasteiger partial charge in [0.05, 0.1) is 18.8 Å². The number of carbonyl (C=O) groups excluding carboxylic acids is 1. The Balaban J connectivity index is 1.65. The SMILES string of the molecule is CN(Cc1ccsc1)C(=O)c1ccc(N2CCOCC2)nc1. The van der Waals surface area contributed by atoms with Crippen molar-refractivity contribution < 1.29 is 9.53 Å². The van der Waals surface area contributed by atoms with E-state index in [1.807, 2.05) is 30.6 Å². The van der Waals surface area contributed by atoms with E-state index in [9.17, 15) is 4.79 Å². The molecule has 1 saturated heterocycles. The summed E-state index contributed by atoms with van der Waals surface area (Å²) in [6, 6.07) is 5.80. The van der Waals surface area contributed by atoms with Crippen LogP contribution >= 0.6 is 11.3 Å². The number of ether oxygens (including phenoxy) is 1. The third-order valence-corrected chi connectivity index (χ3v) is 4.41. The number of carbonyl (C=O) groups is 1. The number of morpholine rings is 1. The Hall–Kier alpha value is -1.92. The molecule has 0 radical (unpaired) electrons. The molecule has 22 heavy (non-hydrogen) atoms. The fourth-order valence-corrected chi connectivity index (χ4v) is 3.10. The van der Waals surface area contributed by atoms with E-state index in [4.69, 9.17) is 4.74 Å². The number of aromatic nitrogens is 1. The zero-order valence-corrected chi connectivity index (χ0v) is 13.4. The van der Waals surface area contributed by atoms with Crippen molar-refractivity contribution in [3.05, 3.63) is 46.3 Å². The number of hydrogen-bond acceptors (Lipinski definition) is 5. The van der Waals surface area contributed by atoms with Gasteiger partial charge in [-0.25, -0.2) is 4.98 Å². The number of rotatable bonds is 4. The summed E-state index contributed by atoms with van der Waals surface area (Å²) in [5.74, 6) is 0.896. The summed E-state index contributed by atoms with van der Waals surface area (Å²) in [5.41, 5.74) is 1.77. The van der Waals surface area contributed by atoms with E-state index in [1.54, 1.807) is 22.4 Å². The number of anilines is 1. The van der Waals surface area contributed by atoms with Gasteiger partial charge in [-0.1, -0.05) is 0 Å². The van der Waals surface area contributed by atoms with Gasteiger partial charge in [-0.2, -0.15) is 11.3 Å². The van der Waals surface area contributed by atoms with Crippen molar-refractivity contribution in [3.63, 3.8) is 0 Å². The molecule has 3 heterocycles. The molecule has 0 bridgehead atoms. The van der Waals surface area contributed by atoms with Crippen LogP contribution in [0.15, 0.2) is 35.2 Å². The minimum absolute atomic E-state index is 0.00720. The minimum atomic E-state index is -0.00720. The van der Waals surface area contributed by atoms with Crippen LogP contribution in [0.2, 0.25) is 0 Å². The van der Waals surface area contributed by atoms with Crippen molar-refractivity contribution in [2.24, 2.45) is 0 Å². The molecule has 116 valence electrons. The highest BCUT2D eigenvalue weighted by Crippen LogP contribution is 2.15. The smallest absolute Gasteiger partial charge is 0.255 e. The van der Waals surface area contributed by atoms with E-state index in [0.717, 1.165) is 37.7 Å². The maximum Gasteiger partial charge on any atom is 0.255 e. The first-order valence-electron chi connectivity index (χ1n) is 7.29. The van der Waals surface area contributed by atoms with Crippen LogP contribution in [0.1, 0.15) is 15.9 Å². The maximum atomic E-state index is 12.4. The summed E-state index contributed by atoms with van der Waals surface area (Å²) in [6.45, 7) is 3.77. The maximum absolute atomic E-state index is 12.4. The van der Waals surface area contributed by atoms with Gasteiger partial charge in [0.1, 0.15) is 5.82 Å². The molecule has 3 rings (SSSR count). The van der Waals surface area contributed by atoms with Crippen LogP contribution in [-0.4, -0.2) is 49.1 Å². The standard InChI is InChI=1S/C16H19N3O2S/c1-18(11-13-4-9-22-12-13)16(20)14-2-3-15(17-10-14)19-5-7-21-8-6-19/h2-4,9-10,12H,5-8,11H2,1H3. The first-order chi connectivity index (χ1) is 10.7. The van der Waals surface area contributed by atoms with Gasteiger partial charge in [0, 0.05) is 32.9 Å². The molecule has 0 aromatic carbocycles. The number of nitrogens with zero attached hydrogens (tertiary/aromatic N) is 3. The first kappa shape index (κ1) is 15.0. The quantitative estimate of drug-likeness (QED) is 0.868. The molecular formula is C16H19N3O2S. The van der Waals surface area contributed by atoms with Gasteiger partial charge in [0.15, 0.2) is 0 Å². The normalized spacial score (nSPS) is 14.9. The van der Waals surface area contributed by atoms with Crippen molar-refractivity contribution in [3.8, 4) is 0 Å². The predicted molar refractivity (Wildman–Crippen MR) is 87.4 cm³/mol. The van der Waals surface area contributed by atoms with E-state index in [2.05, 4.69) is 15.3 Å². The topological polar surface area (TPSA) is 45.7 Å². The van der Waals surface area contributed by atoms with Gasteiger partial charge in [-0.15, -0.1) is 0 Å². The Bertz CT molecular complexity index is 607. The summed E-state index contributed by atoms with van der Waals surface area (Å²) in [5, 5.41) is 4.08. The summed E-state index contributed by atoms with van der Waals surface area (Å²) in [4.78, 5) is 20.7. The second-order valence-electron chi connectivity index (χ2n) is 5.30. The van der Waals surface area contributed by atoms with Crippen LogP contribution < -0.4 is 4.90 Å². The molecule has 6 heteroatoms. The zero-order valence-electron chi connectivity index (χ0n) is 12.6. The number of pyridine rings is 1. The molecule has 0 saturated carbocycles. The van der Waals surface area contributed by atoms with Crippen LogP contribution in [0.3, 0.4) is 0 Å². The predicted octanol–water partition coefficient (Wildman–Crippen LogP) is 2.25. The van der Waals surface area contributed by atoms with Gasteiger partial charge >= 0.3 is 0 Å². The summed E-state index contributed by atoms with van der Waals surface area (Å²) in [6.07, 6.45) is 1.66. The molecule has 0 atom stereocenters. The Morgan fingerprint density at radius 3 is 2.82 bits per heavy atom. The summed E-state index contributed by atoms with van der Waals surface area (Å²) in [7, 11) is 1.82. The minimum Gasteiger partial charge on any atom is -0.378 e. The molecule has 2 aromatic heterocycles. The van der Waals surface area contributed by atoms with Gasteiger partial charge in [0.25, 0.3) is 5.91 Å². The average molecular weight is 317 g/mol. The molecule has 2 aromatic rings. The van der Waals surface area contributed by atoms with Crippen LogP contribution in [0.25, 0.3) is 0 Å². The molecule has 0 spiro atoms. The lowest BCUT2D eigenvalue weighted by molar-refractivity contribution is 0.0785. The van der Waals surface area contributed by atoms with Crippen LogP contribution in [0.5, 0.6) is 0 Å². The fraction of sp³-hybridized carbons (Fsp3) is 0.375. The average Bonchev–Trinajstić information content (AvgIpc) is 3.08. The van der Waals surface area contributed by atoms with Gasteiger partial charge in [-0.3, -0.25) is 4.79 Å². The highest BCUT2D eigenvalue weighted by Gasteiger charge is 2.15. The zero-order chi connectivity index (χ0) is 15.4. The van der Waals surface area contributed by atoms with Gasteiger partial charge < -0.3 is 14.5 Å². The Kier molecular flexibility index (Phi) is 4.70. The lowest BCUT2D eigenvalue weighted by Crippen LogP contribution is -2.36. The molecule has 0 aliphatic carbocycles. The first-order valence-corrected chi connectivity index (χ1v) is 8.23. The van der Waals surface area contributed by atoms with E-state index >= 15 is 0 Å². The molecule has 5 nitrogen and oxygen atoms in total. The highest BCUT2D eigenvalue weighted by molar-refractivity contribution is 7.07. The lowest BCUT2D eigenvalue weighted by Gasteiger charge is -2.27. The number of hydrogen-bond donors (Lipinski definition) is 0. The largest absolute Gasteiger partial charge is 0.378 e. The molecule has 0 unspecified atom stereocenters. The van der Waals surface area contributed by atoms with Gasteiger partial charge in [0.2, 0.25) is 0 Å². The highest BCUT2D eigenvalue weighted by atomic mass is 32.1. The number of thiophene rings is 1. The van der Waals surface area contributed by atoms with Crippen molar-refractivity contribution >= 4 is 23.1 Å². The second kappa shape index (κ2) is 6.89. The fourth-order valence-electron chi connectivity index (χ4n) is 2.44. The Morgan fingerprint density at radius 2 is 2.18 bits per heavy atom. The van der Waals surface area contributed by atoms with E-state index in [0.29, 0.717) is 12.1 Å². The molecule has 1 fully saturated rings. The van der Waals surface area contributed by atoms with E-state index in [-0.39, 0.29) is 5.91 Å². The van der Waals surface area contributed by atoms with Crippen molar-refractivity contribution in [1.29, 1.82) is 0 Å². The Morgan fingerprint density at radius 1 is 1.36 bits per heavy atom. The van der Waals surface area contributed by atoms with Crippen molar-refractivity contribution in [2.75, 3.05) is 38.3 Å². The summed E-state index contributed by atoms with van der Waals surface area (Å²) >= 11 is 1.64. The second-order valence-corrected chi connectivity index (χ2v) is 6.08. The number of amides is 1. The molecule has 1 aliphatic rings. The van der Waals surface area contributed by atoms with Crippen LogP contribution in [0, 0.1) is 0 Å². The van der Waals surface area contributed by atoms with Crippen LogP contribution in [-0.2, 0) is 11.3 Å². The molecular weight excluding hydrogens is 298 g/mol. The lowest BCUT2D eigenvalue weighted by atomic mass is 10.2. The van der Waals surface area contributed by atoms with Gasteiger partial charge in [-0.05, 0) is 34.5 Å². The van der Waals surface area contributed by atoms with Crippen molar-refractivity contribution in [2.45, 2.75) is 6.54 Å². The third-order valence-electron chi connectivity index (χ3n) is 3.68. The van der Waals surface area contributed by atoms with E-state index < -0.39 is 0 Å². The third kappa shape index (κ3) is 3.45.